The van der Waals surface area contributed by atoms with Gasteiger partial charge in [-0.2, -0.15) is 0 Å². The summed E-state index contributed by atoms with van der Waals surface area (Å²) in [6.07, 6.45) is 0.153. The Morgan fingerprint density at radius 2 is 1.71 bits per heavy atom. The summed E-state index contributed by atoms with van der Waals surface area (Å²) in [5.41, 5.74) is 0.727. The van der Waals surface area contributed by atoms with Gasteiger partial charge in [-0.1, -0.05) is 0 Å². The molecule has 24 heavy (non-hydrogen) atoms. The van der Waals surface area contributed by atoms with Crippen LogP contribution in [0.2, 0.25) is 0 Å². The monoisotopic (exact) mass is 339 g/mol. The molecule has 1 aromatic rings. The first kappa shape index (κ1) is 19.8. The average Bonchev–Trinajstić information content (AvgIpc) is 2.52. The number of benzene rings is 1. The van der Waals surface area contributed by atoms with Crippen LogP contribution in [0.15, 0.2) is 18.2 Å². The van der Waals surface area contributed by atoms with Crippen molar-refractivity contribution in [3.63, 3.8) is 0 Å². The van der Waals surface area contributed by atoms with Gasteiger partial charge < -0.3 is 24.2 Å². The largest absolute Gasteiger partial charge is 0.497 e. The maximum atomic E-state index is 12.3. The van der Waals surface area contributed by atoms with Crippen LogP contribution in [0.25, 0.3) is 0 Å². The molecule has 1 aromatic carbocycles. The number of carboxylic acids is 1. The molecule has 0 radical (unpaired) electrons. The van der Waals surface area contributed by atoms with Crippen molar-refractivity contribution in [2.75, 3.05) is 27.4 Å². The highest BCUT2D eigenvalue weighted by atomic mass is 16.5. The number of nitrogens with zero attached hydrogens (tertiary/aromatic N) is 1. The molecule has 7 heteroatoms. The van der Waals surface area contributed by atoms with Crippen LogP contribution in [-0.2, 0) is 20.9 Å². The van der Waals surface area contributed by atoms with Crippen molar-refractivity contribution >= 4 is 11.9 Å². The van der Waals surface area contributed by atoms with Crippen molar-refractivity contribution in [3.05, 3.63) is 23.8 Å². The first-order valence-electron chi connectivity index (χ1n) is 7.68. The van der Waals surface area contributed by atoms with Gasteiger partial charge in [-0.15, -0.1) is 0 Å². The lowest BCUT2D eigenvalue weighted by Gasteiger charge is -2.22. The third-order valence-electron chi connectivity index (χ3n) is 3.23. The van der Waals surface area contributed by atoms with Gasteiger partial charge in [0.1, 0.15) is 18.0 Å². The molecule has 134 valence electrons. The van der Waals surface area contributed by atoms with Crippen LogP contribution in [0, 0.1) is 0 Å². The molecule has 0 bridgehead atoms. The van der Waals surface area contributed by atoms with Crippen molar-refractivity contribution in [3.8, 4) is 11.5 Å². The number of carbonyl (C=O) groups excluding carboxylic acids is 1. The second-order valence-electron chi connectivity index (χ2n) is 5.53. The molecular formula is C17H25NO6. The summed E-state index contributed by atoms with van der Waals surface area (Å²) in [6, 6.07) is 5.20. The fourth-order valence-electron chi connectivity index (χ4n) is 2.11. The molecule has 1 rings (SSSR count). The van der Waals surface area contributed by atoms with E-state index in [2.05, 4.69) is 0 Å². The van der Waals surface area contributed by atoms with Crippen molar-refractivity contribution in [2.24, 2.45) is 0 Å². The van der Waals surface area contributed by atoms with Gasteiger partial charge in [-0.25, -0.2) is 0 Å². The van der Waals surface area contributed by atoms with Gasteiger partial charge >= 0.3 is 5.97 Å². The molecule has 0 aliphatic heterocycles. The van der Waals surface area contributed by atoms with Crippen LogP contribution in [0.3, 0.4) is 0 Å². The van der Waals surface area contributed by atoms with Gasteiger partial charge in [0.25, 0.3) is 0 Å². The second-order valence-corrected chi connectivity index (χ2v) is 5.53. The highest BCUT2D eigenvalue weighted by Gasteiger charge is 2.18. The molecule has 0 fully saturated rings. The zero-order valence-corrected chi connectivity index (χ0v) is 14.6. The Bertz CT molecular complexity index is 536. The summed E-state index contributed by atoms with van der Waals surface area (Å²) in [5, 5.41) is 9.05. The number of hydrogen-bond donors (Lipinski definition) is 1. The fourth-order valence-corrected chi connectivity index (χ4v) is 2.11. The quantitative estimate of drug-likeness (QED) is 0.701. The standard InChI is InChI=1S/C17H25NO6/c1-12(2)24-6-5-16(19)18(11-17(20)21)10-13-7-14(22-3)9-15(8-13)23-4/h7-9,12H,5-6,10-11H2,1-4H3,(H,20,21). The van der Waals surface area contributed by atoms with Crippen LogP contribution in [0.5, 0.6) is 11.5 Å². The Kier molecular flexibility index (Phi) is 8.05. The molecular weight excluding hydrogens is 314 g/mol. The molecule has 1 N–H and O–H groups in total. The molecule has 7 nitrogen and oxygen atoms in total. The number of amides is 1. The molecule has 0 unspecified atom stereocenters. The normalized spacial score (nSPS) is 10.5. The fraction of sp³-hybridized carbons (Fsp3) is 0.529. The zero-order chi connectivity index (χ0) is 18.1. The van der Waals surface area contributed by atoms with Gasteiger partial charge in [0.05, 0.1) is 33.4 Å². The Balaban J connectivity index is 2.85. The van der Waals surface area contributed by atoms with Crippen LogP contribution in [0.1, 0.15) is 25.8 Å². The van der Waals surface area contributed by atoms with Crippen molar-refractivity contribution in [1.82, 2.24) is 4.90 Å². The number of hydrogen-bond acceptors (Lipinski definition) is 5. The molecule has 0 heterocycles. The maximum absolute atomic E-state index is 12.3. The van der Waals surface area contributed by atoms with E-state index in [4.69, 9.17) is 19.3 Å². The van der Waals surface area contributed by atoms with Crippen molar-refractivity contribution in [2.45, 2.75) is 32.9 Å². The summed E-state index contributed by atoms with van der Waals surface area (Å²) >= 11 is 0. The van der Waals surface area contributed by atoms with E-state index in [1.54, 1.807) is 18.2 Å². The summed E-state index contributed by atoms with van der Waals surface area (Å²) < 4.78 is 15.7. The van der Waals surface area contributed by atoms with Crippen molar-refractivity contribution < 1.29 is 28.9 Å². The highest BCUT2D eigenvalue weighted by Crippen LogP contribution is 2.23. The van der Waals surface area contributed by atoms with E-state index in [9.17, 15) is 9.59 Å². The Morgan fingerprint density at radius 3 is 2.17 bits per heavy atom. The van der Waals surface area contributed by atoms with Crippen LogP contribution in [-0.4, -0.2) is 55.4 Å². The van der Waals surface area contributed by atoms with Crippen LogP contribution in [0.4, 0.5) is 0 Å². The number of aliphatic carboxylic acids is 1. The lowest BCUT2D eigenvalue weighted by molar-refractivity contribution is -0.145. The van der Waals surface area contributed by atoms with E-state index >= 15 is 0 Å². The number of ether oxygens (including phenoxy) is 3. The molecule has 0 spiro atoms. The summed E-state index contributed by atoms with van der Waals surface area (Å²) in [6.45, 7) is 3.79. The number of carboxylic acid groups (broad SMARTS) is 1. The predicted octanol–water partition coefficient (Wildman–Crippen LogP) is 1.93. The topological polar surface area (TPSA) is 85.3 Å². The minimum Gasteiger partial charge on any atom is -0.497 e. The Labute approximate surface area is 142 Å². The van der Waals surface area contributed by atoms with E-state index < -0.39 is 5.97 Å². The first-order valence-corrected chi connectivity index (χ1v) is 7.68. The van der Waals surface area contributed by atoms with Gasteiger partial charge in [-0.3, -0.25) is 9.59 Å². The smallest absolute Gasteiger partial charge is 0.323 e. The Morgan fingerprint density at radius 1 is 1.12 bits per heavy atom. The summed E-state index contributed by atoms with van der Waals surface area (Å²) in [7, 11) is 3.06. The van der Waals surface area contributed by atoms with E-state index in [0.717, 1.165) is 5.56 Å². The number of rotatable bonds is 10. The molecule has 1 amide bonds. The van der Waals surface area contributed by atoms with Crippen LogP contribution < -0.4 is 9.47 Å². The first-order chi connectivity index (χ1) is 11.3. The minimum absolute atomic E-state index is 0.0216. The maximum Gasteiger partial charge on any atom is 0.323 e. The van der Waals surface area contributed by atoms with Gasteiger partial charge in [0, 0.05) is 12.6 Å². The SMILES string of the molecule is COc1cc(CN(CC(=O)O)C(=O)CCOC(C)C)cc(OC)c1. The molecule has 0 aliphatic rings. The van der Waals surface area contributed by atoms with Crippen LogP contribution >= 0.6 is 0 Å². The number of methoxy groups -OCH3 is 2. The summed E-state index contributed by atoms with van der Waals surface area (Å²) in [5.74, 6) is -0.187. The Hall–Kier alpha value is -2.28. The van der Waals surface area contributed by atoms with E-state index in [-0.39, 0.29) is 38.1 Å². The third kappa shape index (κ3) is 6.87. The molecule has 0 saturated heterocycles. The van der Waals surface area contributed by atoms with Gasteiger partial charge in [0.2, 0.25) is 5.91 Å². The van der Waals surface area contributed by atoms with E-state index in [1.807, 2.05) is 13.8 Å². The minimum atomic E-state index is -1.07. The molecule has 0 aliphatic carbocycles. The predicted molar refractivity (Wildman–Crippen MR) is 88.3 cm³/mol. The third-order valence-corrected chi connectivity index (χ3v) is 3.23. The van der Waals surface area contributed by atoms with Gasteiger partial charge in [0.15, 0.2) is 0 Å². The average molecular weight is 339 g/mol. The van der Waals surface area contributed by atoms with E-state index in [1.165, 1.54) is 19.1 Å². The van der Waals surface area contributed by atoms with Gasteiger partial charge in [-0.05, 0) is 31.5 Å². The second kappa shape index (κ2) is 9.77. The summed E-state index contributed by atoms with van der Waals surface area (Å²) in [4.78, 5) is 24.6. The number of carbonyl (C=O) groups is 2. The lowest BCUT2D eigenvalue weighted by atomic mass is 10.1. The highest BCUT2D eigenvalue weighted by molar-refractivity contribution is 5.81. The zero-order valence-electron chi connectivity index (χ0n) is 14.6. The molecule has 0 saturated carbocycles. The van der Waals surface area contributed by atoms with E-state index in [0.29, 0.717) is 11.5 Å². The van der Waals surface area contributed by atoms with Crippen molar-refractivity contribution in [1.29, 1.82) is 0 Å². The molecule has 0 atom stereocenters. The lowest BCUT2D eigenvalue weighted by Crippen LogP contribution is -2.35. The molecule has 0 aromatic heterocycles.